The maximum atomic E-state index is 13.9. The molecule has 228 valence electrons. The molecule has 44 heavy (non-hydrogen) atoms. The number of carbonyl (C=O) groups excluding carboxylic acids is 4. The summed E-state index contributed by atoms with van der Waals surface area (Å²) in [4.78, 5) is 53.2. The second-order valence-electron chi connectivity index (χ2n) is 11.4. The Kier molecular flexibility index (Phi) is 9.87. The van der Waals surface area contributed by atoms with Crippen molar-refractivity contribution < 1.29 is 28.7 Å². The van der Waals surface area contributed by atoms with E-state index in [1.165, 1.54) is 0 Å². The van der Waals surface area contributed by atoms with Gasteiger partial charge < -0.3 is 20.1 Å². The number of benzene rings is 3. The zero-order valence-electron chi connectivity index (χ0n) is 24.8. The number of ketones is 2. The van der Waals surface area contributed by atoms with Crippen molar-refractivity contribution in [3.63, 3.8) is 0 Å². The predicted molar refractivity (Wildman–Crippen MR) is 169 cm³/mol. The van der Waals surface area contributed by atoms with Crippen LogP contribution in [-0.2, 0) is 43.3 Å². The molecule has 4 atom stereocenters. The summed E-state index contributed by atoms with van der Waals surface area (Å²) < 4.78 is 11.8. The largest absolute Gasteiger partial charge is 0.445 e. The van der Waals surface area contributed by atoms with Crippen LogP contribution in [0.1, 0.15) is 37.0 Å². The van der Waals surface area contributed by atoms with Gasteiger partial charge in [0.1, 0.15) is 12.2 Å². The first-order valence-corrected chi connectivity index (χ1v) is 15.6. The van der Waals surface area contributed by atoms with Gasteiger partial charge in [-0.2, -0.15) is 0 Å². The highest BCUT2D eigenvalue weighted by Crippen LogP contribution is 2.31. The molecule has 2 unspecified atom stereocenters. The lowest BCUT2D eigenvalue weighted by Gasteiger charge is -2.24. The van der Waals surface area contributed by atoms with E-state index < -0.39 is 35.6 Å². The SMILES string of the molecule is CC(NC(=O)OCc1ccccc1)C(=O)C[C@@H](Cc1csc2ccccc12)C(=O)N[C@@H](Cc1ccccc1)C(=O)C1(C)CO1. The van der Waals surface area contributed by atoms with E-state index in [0.717, 1.165) is 26.8 Å². The van der Waals surface area contributed by atoms with Crippen molar-refractivity contribution in [2.45, 2.75) is 57.4 Å². The molecular formula is C35H36N2O6S. The van der Waals surface area contributed by atoms with Crippen LogP contribution in [0.25, 0.3) is 10.1 Å². The van der Waals surface area contributed by atoms with Crippen LogP contribution in [0.4, 0.5) is 4.79 Å². The van der Waals surface area contributed by atoms with E-state index in [1.807, 2.05) is 90.3 Å². The van der Waals surface area contributed by atoms with Crippen molar-refractivity contribution in [3.05, 3.63) is 107 Å². The number of alkyl carbamates (subject to hydrolysis) is 1. The van der Waals surface area contributed by atoms with Crippen LogP contribution in [0.15, 0.2) is 90.3 Å². The van der Waals surface area contributed by atoms with Crippen molar-refractivity contribution in [2.24, 2.45) is 5.92 Å². The normalized spacial score (nSPS) is 17.7. The average Bonchev–Trinajstić information content (AvgIpc) is 3.67. The first-order chi connectivity index (χ1) is 21.2. The molecule has 1 aromatic heterocycles. The predicted octanol–water partition coefficient (Wildman–Crippen LogP) is 5.42. The second-order valence-corrected chi connectivity index (χ2v) is 12.3. The summed E-state index contributed by atoms with van der Waals surface area (Å²) >= 11 is 1.58. The molecule has 5 rings (SSSR count). The standard InChI is InChI=1S/C35H36N2O6S/c1-23(36-34(41)42-20-25-13-7-4-8-14-25)30(38)19-26(18-27-21-44-31-16-10-9-15-28(27)31)33(40)37-29(32(39)35(2)22-43-35)17-24-11-5-3-6-12-24/h3-16,21,23,26,29H,17-20,22H2,1-2H3,(H,36,41)(H,37,40)/t23?,26-,29+,35?/m1/s1. The Hall–Kier alpha value is -4.34. The third kappa shape index (κ3) is 7.98. The van der Waals surface area contributed by atoms with Crippen LogP contribution in [0.2, 0.25) is 0 Å². The molecule has 0 saturated carbocycles. The first-order valence-electron chi connectivity index (χ1n) is 14.7. The molecule has 1 fully saturated rings. The highest BCUT2D eigenvalue weighted by atomic mass is 32.1. The molecule has 1 aliphatic heterocycles. The Morgan fingerprint density at radius 2 is 1.52 bits per heavy atom. The maximum Gasteiger partial charge on any atom is 0.408 e. The number of fused-ring (bicyclic) bond motifs is 1. The lowest BCUT2D eigenvalue weighted by Crippen LogP contribution is -2.50. The number of nitrogens with one attached hydrogen (secondary N) is 2. The van der Waals surface area contributed by atoms with E-state index in [2.05, 4.69) is 10.6 Å². The van der Waals surface area contributed by atoms with Crippen LogP contribution < -0.4 is 10.6 Å². The summed E-state index contributed by atoms with van der Waals surface area (Å²) in [5, 5.41) is 8.58. The zero-order chi connectivity index (χ0) is 31.1. The number of carbonyl (C=O) groups is 4. The number of Topliss-reactive ketones (excluding diaryl/α,β-unsaturated/α-hetero) is 2. The Labute approximate surface area is 260 Å². The molecule has 2 heterocycles. The summed E-state index contributed by atoms with van der Waals surface area (Å²) in [5.74, 6) is -1.68. The number of rotatable bonds is 14. The fourth-order valence-corrected chi connectivity index (χ4v) is 6.10. The monoisotopic (exact) mass is 612 g/mol. The van der Waals surface area contributed by atoms with Gasteiger partial charge in [0, 0.05) is 17.0 Å². The quantitative estimate of drug-likeness (QED) is 0.184. The van der Waals surface area contributed by atoms with Gasteiger partial charge in [-0.25, -0.2) is 4.79 Å². The first kappa shape index (κ1) is 31.1. The van der Waals surface area contributed by atoms with Crippen LogP contribution in [0.3, 0.4) is 0 Å². The van der Waals surface area contributed by atoms with Gasteiger partial charge in [-0.1, -0.05) is 78.9 Å². The Morgan fingerprint density at radius 3 is 2.20 bits per heavy atom. The highest BCUT2D eigenvalue weighted by molar-refractivity contribution is 7.17. The summed E-state index contributed by atoms with van der Waals surface area (Å²) in [6, 6.07) is 24.9. The number of hydrogen-bond donors (Lipinski definition) is 2. The van der Waals surface area contributed by atoms with E-state index in [4.69, 9.17) is 9.47 Å². The molecule has 2 N–H and O–H groups in total. The molecule has 8 nitrogen and oxygen atoms in total. The minimum atomic E-state index is -0.930. The van der Waals surface area contributed by atoms with Crippen molar-refractivity contribution in [3.8, 4) is 0 Å². The molecule has 4 aromatic rings. The molecular weight excluding hydrogens is 576 g/mol. The van der Waals surface area contributed by atoms with E-state index in [9.17, 15) is 19.2 Å². The summed E-state index contributed by atoms with van der Waals surface area (Å²) in [7, 11) is 0. The Balaban J connectivity index is 1.31. The summed E-state index contributed by atoms with van der Waals surface area (Å²) in [6.07, 6.45) is -0.244. The minimum Gasteiger partial charge on any atom is -0.445 e. The molecule has 9 heteroatoms. The summed E-state index contributed by atoms with van der Waals surface area (Å²) in [6.45, 7) is 3.68. The van der Waals surface area contributed by atoms with Crippen LogP contribution >= 0.6 is 11.3 Å². The number of amides is 2. The van der Waals surface area contributed by atoms with Gasteiger partial charge >= 0.3 is 6.09 Å². The minimum absolute atomic E-state index is 0.0727. The van der Waals surface area contributed by atoms with Crippen molar-refractivity contribution >= 4 is 45.0 Å². The van der Waals surface area contributed by atoms with Gasteiger partial charge in [-0.15, -0.1) is 11.3 Å². The third-order valence-corrected chi connectivity index (χ3v) is 8.90. The van der Waals surface area contributed by atoms with Crippen LogP contribution in [0.5, 0.6) is 0 Å². The van der Waals surface area contributed by atoms with Gasteiger partial charge in [0.2, 0.25) is 5.91 Å². The fraction of sp³-hybridized carbons (Fsp3) is 0.314. The number of epoxide rings is 1. The van der Waals surface area contributed by atoms with Crippen LogP contribution in [-0.4, -0.2) is 47.9 Å². The second kappa shape index (κ2) is 14.0. The number of thiophene rings is 1. The Bertz CT molecular complexity index is 1620. The van der Waals surface area contributed by atoms with Gasteiger partial charge in [-0.05, 0) is 60.2 Å². The molecule has 1 aliphatic rings. The lowest BCUT2D eigenvalue weighted by molar-refractivity contribution is -0.134. The molecule has 0 bridgehead atoms. The molecule has 3 aromatic carbocycles. The van der Waals surface area contributed by atoms with Gasteiger partial charge in [-0.3, -0.25) is 14.4 Å². The zero-order valence-corrected chi connectivity index (χ0v) is 25.6. The van der Waals surface area contributed by atoms with Crippen LogP contribution in [0, 0.1) is 5.92 Å². The molecule has 0 aliphatic carbocycles. The van der Waals surface area contributed by atoms with Crippen molar-refractivity contribution in [1.82, 2.24) is 10.6 Å². The third-order valence-electron chi connectivity index (χ3n) is 7.89. The molecule has 1 saturated heterocycles. The topological polar surface area (TPSA) is 114 Å². The van der Waals surface area contributed by atoms with Crippen molar-refractivity contribution in [2.75, 3.05) is 6.61 Å². The van der Waals surface area contributed by atoms with E-state index in [1.54, 1.807) is 25.2 Å². The average molecular weight is 613 g/mol. The van der Waals surface area contributed by atoms with E-state index in [0.29, 0.717) is 19.4 Å². The van der Waals surface area contributed by atoms with Crippen molar-refractivity contribution in [1.29, 1.82) is 0 Å². The molecule has 2 amide bonds. The Morgan fingerprint density at radius 1 is 0.886 bits per heavy atom. The van der Waals surface area contributed by atoms with Gasteiger partial charge in [0.25, 0.3) is 0 Å². The fourth-order valence-electron chi connectivity index (χ4n) is 5.12. The maximum absolute atomic E-state index is 13.9. The van der Waals surface area contributed by atoms with E-state index >= 15 is 0 Å². The lowest BCUT2D eigenvalue weighted by atomic mass is 9.89. The smallest absolute Gasteiger partial charge is 0.408 e. The molecule has 0 spiro atoms. The highest BCUT2D eigenvalue weighted by Gasteiger charge is 2.50. The van der Waals surface area contributed by atoms with E-state index in [-0.39, 0.29) is 24.6 Å². The van der Waals surface area contributed by atoms with Gasteiger partial charge in [0.05, 0.1) is 18.7 Å². The van der Waals surface area contributed by atoms with Gasteiger partial charge in [0.15, 0.2) is 11.6 Å². The number of ether oxygens (including phenoxy) is 2. The summed E-state index contributed by atoms with van der Waals surface area (Å²) in [5.41, 5.74) is 1.75. The molecule has 0 radical (unpaired) electrons. The number of hydrogen-bond acceptors (Lipinski definition) is 7.